The molecule has 8 heavy (non-hydrogen) atoms. The number of aliphatic hydroxyl groups is 1. The Kier molecular flexibility index (Phi) is 12.0. The largest absolute Gasteiger partial charge is 0.400 e. The van der Waals surface area contributed by atoms with Gasteiger partial charge in [-0.05, 0) is 0 Å². The molecule has 0 unspecified atom stereocenters. The van der Waals surface area contributed by atoms with Gasteiger partial charge in [0.15, 0.2) is 0 Å². The molecule has 0 radical (unpaired) electrons. The minimum Gasteiger partial charge on any atom is -0.400 e. The second-order valence-electron chi connectivity index (χ2n) is 0.669. The van der Waals surface area contributed by atoms with E-state index in [-0.39, 0.29) is 0 Å². The summed E-state index contributed by atoms with van der Waals surface area (Å²) in [6, 6.07) is 0. The molecule has 1 nitrogen and oxygen atoms in total. The molecule has 0 saturated carbocycles. The molecular formula is C3H6Cl4O. The van der Waals surface area contributed by atoms with Crippen molar-refractivity contribution in [1.29, 1.82) is 0 Å². The molecule has 0 aliphatic carbocycles. The SMILES string of the molecule is CO.ClC(Cl)C(Cl)Cl. The molecule has 0 aromatic rings. The van der Waals surface area contributed by atoms with Crippen LogP contribution in [0.5, 0.6) is 0 Å². The van der Waals surface area contributed by atoms with Gasteiger partial charge in [-0.2, -0.15) is 0 Å². The van der Waals surface area contributed by atoms with E-state index in [0.29, 0.717) is 0 Å². The van der Waals surface area contributed by atoms with Gasteiger partial charge in [-0.15, -0.1) is 46.4 Å². The van der Waals surface area contributed by atoms with Crippen LogP contribution in [0.3, 0.4) is 0 Å². The van der Waals surface area contributed by atoms with Crippen molar-refractivity contribution in [2.45, 2.75) is 9.67 Å². The molecule has 0 spiro atoms. The molecule has 0 saturated heterocycles. The van der Waals surface area contributed by atoms with Crippen LogP contribution in [0.1, 0.15) is 0 Å². The quantitative estimate of drug-likeness (QED) is 0.643. The van der Waals surface area contributed by atoms with Crippen molar-refractivity contribution in [2.75, 3.05) is 7.11 Å². The van der Waals surface area contributed by atoms with Gasteiger partial charge in [-0.3, -0.25) is 0 Å². The van der Waals surface area contributed by atoms with E-state index in [1.807, 2.05) is 0 Å². The van der Waals surface area contributed by atoms with Crippen LogP contribution in [0, 0.1) is 0 Å². The molecule has 0 aliphatic rings. The Morgan fingerprint density at radius 2 is 1.00 bits per heavy atom. The van der Waals surface area contributed by atoms with Crippen molar-refractivity contribution in [3.8, 4) is 0 Å². The van der Waals surface area contributed by atoms with E-state index in [9.17, 15) is 0 Å². The summed E-state index contributed by atoms with van der Waals surface area (Å²) in [6.07, 6.45) is 0. The maximum atomic E-state index is 7.00. The first kappa shape index (κ1) is 11.9. The van der Waals surface area contributed by atoms with Crippen molar-refractivity contribution in [3.63, 3.8) is 0 Å². The van der Waals surface area contributed by atoms with Gasteiger partial charge < -0.3 is 5.11 Å². The minimum absolute atomic E-state index is 0.673. The van der Waals surface area contributed by atoms with Crippen molar-refractivity contribution in [1.82, 2.24) is 0 Å². The lowest BCUT2D eigenvalue weighted by Gasteiger charge is -1.95. The molecule has 0 heterocycles. The summed E-state index contributed by atoms with van der Waals surface area (Å²) in [4.78, 5) is -1.35. The lowest BCUT2D eigenvalue weighted by atomic mass is 10.9. The maximum absolute atomic E-state index is 7.00. The number of aliphatic hydroxyl groups excluding tert-OH is 1. The Morgan fingerprint density at radius 1 is 0.875 bits per heavy atom. The van der Waals surface area contributed by atoms with Gasteiger partial charge >= 0.3 is 0 Å². The van der Waals surface area contributed by atoms with Crippen molar-refractivity contribution >= 4 is 46.4 Å². The minimum atomic E-state index is -0.673. The molecule has 0 aliphatic heterocycles. The monoisotopic (exact) mass is 198 g/mol. The Hall–Kier alpha value is 1.12. The predicted octanol–water partition coefficient (Wildman–Crippen LogP) is 2.20. The highest BCUT2D eigenvalue weighted by atomic mass is 35.5. The van der Waals surface area contributed by atoms with Crippen molar-refractivity contribution < 1.29 is 5.11 Å². The highest BCUT2D eigenvalue weighted by Crippen LogP contribution is 2.16. The summed E-state index contributed by atoms with van der Waals surface area (Å²) in [7, 11) is 1.00. The van der Waals surface area contributed by atoms with Crippen LogP contribution in [-0.2, 0) is 0 Å². The molecule has 0 aromatic carbocycles. The Morgan fingerprint density at radius 3 is 1.00 bits per heavy atom. The van der Waals surface area contributed by atoms with Gasteiger partial charge in [-0.1, -0.05) is 0 Å². The summed E-state index contributed by atoms with van der Waals surface area (Å²) in [6.45, 7) is 0. The summed E-state index contributed by atoms with van der Waals surface area (Å²) in [5.41, 5.74) is 0. The molecule has 0 fully saturated rings. The highest BCUT2D eigenvalue weighted by Gasteiger charge is 2.06. The van der Waals surface area contributed by atoms with E-state index in [2.05, 4.69) is 0 Å². The third kappa shape index (κ3) is 10.2. The standard InChI is InChI=1S/C2H2Cl4.CH4O/c3-1(4)2(5)6;1-2/h1-2H;2H,1H3. The number of hydrogen-bond donors (Lipinski definition) is 1. The van der Waals surface area contributed by atoms with Gasteiger partial charge in [0.1, 0.15) is 9.67 Å². The molecule has 0 aromatic heterocycles. The van der Waals surface area contributed by atoms with E-state index in [0.717, 1.165) is 7.11 Å². The summed E-state index contributed by atoms with van der Waals surface area (Å²) in [5.74, 6) is 0. The van der Waals surface area contributed by atoms with E-state index in [4.69, 9.17) is 51.5 Å². The zero-order valence-corrected chi connectivity index (χ0v) is 7.14. The zero-order valence-electron chi connectivity index (χ0n) is 4.11. The molecule has 0 rings (SSSR count). The topological polar surface area (TPSA) is 20.2 Å². The molecular weight excluding hydrogens is 194 g/mol. The molecule has 1 N–H and O–H groups in total. The second-order valence-corrected chi connectivity index (χ2v) is 3.00. The Balaban J connectivity index is 0. The van der Waals surface area contributed by atoms with Crippen LogP contribution in [0.15, 0.2) is 0 Å². The zero-order chi connectivity index (χ0) is 7.15. The number of hydrogen-bond acceptors (Lipinski definition) is 1. The van der Waals surface area contributed by atoms with Crippen LogP contribution in [0.4, 0.5) is 0 Å². The number of rotatable bonds is 1. The van der Waals surface area contributed by atoms with E-state index >= 15 is 0 Å². The summed E-state index contributed by atoms with van der Waals surface area (Å²) in [5, 5.41) is 7.00. The Bertz CT molecular complexity index is 32.3. The fourth-order valence-corrected chi connectivity index (χ4v) is 0. The van der Waals surface area contributed by atoms with Gasteiger partial charge in [0.2, 0.25) is 0 Å². The first-order chi connectivity index (χ1) is 3.64. The fourth-order valence-electron chi connectivity index (χ4n) is 0. The third-order valence-corrected chi connectivity index (χ3v) is 1.71. The summed E-state index contributed by atoms with van der Waals surface area (Å²) >= 11 is 20.5. The smallest absolute Gasteiger partial charge is 0.137 e. The van der Waals surface area contributed by atoms with Gasteiger partial charge in [0, 0.05) is 7.11 Å². The second kappa shape index (κ2) is 8.12. The average Bonchev–Trinajstić information content (AvgIpc) is 1.72. The first-order valence-corrected chi connectivity index (χ1v) is 3.40. The maximum Gasteiger partial charge on any atom is 0.137 e. The first-order valence-electron chi connectivity index (χ1n) is 1.65. The number of alkyl halides is 4. The fraction of sp³-hybridized carbons (Fsp3) is 1.00. The Labute approximate surface area is 68.5 Å². The highest BCUT2D eigenvalue weighted by molar-refractivity contribution is 6.56. The van der Waals surface area contributed by atoms with Gasteiger partial charge in [0.05, 0.1) is 0 Å². The lowest BCUT2D eigenvalue weighted by Crippen LogP contribution is -1.96. The van der Waals surface area contributed by atoms with Crippen LogP contribution >= 0.6 is 46.4 Å². The lowest BCUT2D eigenvalue weighted by molar-refractivity contribution is 0.399. The molecule has 0 bridgehead atoms. The molecule has 52 valence electrons. The summed E-state index contributed by atoms with van der Waals surface area (Å²) < 4.78 is 0. The third-order valence-electron chi connectivity index (χ3n) is 0.190. The van der Waals surface area contributed by atoms with E-state index in [1.165, 1.54) is 0 Å². The van der Waals surface area contributed by atoms with Crippen LogP contribution in [0.25, 0.3) is 0 Å². The average molecular weight is 200 g/mol. The predicted molar refractivity (Wildman–Crippen MR) is 39.1 cm³/mol. The van der Waals surface area contributed by atoms with E-state index in [1.54, 1.807) is 0 Å². The number of halogens is 4. The molecule has 0 amide bonds. The van der Waals surface area contributed by atoms with Gasteiger partial charge in [0.25, 0.3) is 0 Å². The molecule has 5 heteroatoms. The van der Waals surface area contributed by atoms with Crippen LogP contribution in [-0.4, -0.2) is 21.9 Å². The normalized spacial score (nSPS) is 9.00. The van der Waals surface area contributed by atoms with Crippen LogP contribution < -0.4 is 0 Å². The van der Waals surface area contributed by atoms with Gasteiger partial charge in [-0.25, -0.2) is 0 Å². The molecule has 0 atom stereocenters. The van der Waals surface area contributed by atoms with Crippen molar-refractivity contribution in [3.05, 3.63) is 0 Å². The van der Waals surface area contributed by atoms with Crippen LogP contribution in [0.2, 0.25) is 0 Å². The van der Waals surface area contributed by atoms with E-state index < -0.39 is 9.67 Å². The van der Waals surface area contributed by atoms with Crippen molar-refractivity contribution in [2.24, 2.45) is 0 Å².